The lowest BCUT2D eigenvalue weighted by Crippen LogP contribution is -2.21. The molecule has 0 bridgehead atoms. The van der Waals surface area contributed by atoms with Crippen LogP contribution in [-0.2, 0) is 4.79 Å². The largest absolute Gasteiger partial charge is 0.497 e. The molecule has 4 nitrogen and oxygen atoms in total. The predicted molar refractivity (Wildman–Crippen MR) is 52.3 cm³/mol. The number of ether oxygens (including phenoxy) is 1. The molecule has 0 aliphatic heterocycles. The maximum atomic E-state index is 10.7. The number of carboxylic acids is 1. The average Bonchev–Trinajstić information content (AvgIpc) is 2.17. The Morgan fingerprint density at radius 2 is 2.21 bits per heavy atom. The summed E-state index contributed by atoms with van der Waals surface area (Å²) < 4.78 is 4.99. The van der Waals surface area contributed by atoms with E-state index >= 15 is 0 Å². The number of methoxy groups -OCH3 is 1. The number of aliphatic carboxylic acids is 1. The van der Waals surface area contributed by atoms with Crippen molar-refractivity contribution in [2.75, 3.05) is 7.11 Å². The number of carboxylic acid groups (broad SMARTS) is 1. The van der Waals surface area contributed by atoms with Crippen LogP contribution in [0.4, 0.5) is 0 Å². The van der Waals surface area contributed by atoms with Crippen molar-refractivity contribution >= 4 is 5.97 Å². The monoisotopic (exact) mass is 195 g/mol. The van der Waals surface area contributed by atoms with Crippen molar-refractivity contribution in [3.8, 4) is 5.75 Å². The summed E-state index contributed by atoms with van der Waals surface area (Å²) in [6, 6.07) is 4.21. The topological polar surface area (TPSA) is 72.5 Å². The van der Waals surface area contributed by atoms with Gasteiger partial charge >= 0.3 is 5.97 Å². The van der Waals surface area contributed by atoms with Crippen molar-refractivity contribution in [2.45, 2.75) is 13.0 Å². The van der Waals surface area contributed by atoms with E-state index in [9.17, 15) is 4.79 Å². The molecule has 0 fully saturated rings. The molecule has 0 saturated carbocycles. The Balaban J connectivity index is 3.11. The molecule has 1 aromatic carbocycles. The fourth-order valence-corrected chi connectivity index (χ4v) is 1.21. The summed E-state index contributed by atoms with van der Waals surface area (Å²) in [6.07, 6.45) is 0. The van der Waals surface area contributed by atoms with Gasteiger partial charge in [-0.2, -0.15) is 0 Å². The van der Waals surface area contributed by atoms with Crippen LogP contribution in [0.2, 0.25) is 0 Å². The van der Waals surface area contributed by atoms with Crippen LogP contribution in [0, 0.1) is 6.92 Å². The second-order valence-electron chi connectivity index (χ2n) is 3.04. The van der Waals surface area contributed by atoms with Gasteiger partial charge in [0, 0.05) is 0 Å². The van der Waals surface area contributed by atoms with Crippen molar-refractivity contribution in [1.29, 1.82) is 0 Å². The molecule has 0 amide bonds. The molecule has 0 unspecified atom stereocenters. The van der Waals surface area contributed by atoms with Crippen molar-refractivity contribution in [3.63, 3.8) is 0 Å². The zero-order valence-electron chi connectivity index (χ0n) is 8.15. The maximum Gasteiger partial charge on any atom is 0.325 e. The molecule has 1 aromatic rings. The zero-order chi connectivity index (χ0) is 10.7. The Labute approximate surface area is 82.3 Å². The van der Waals surface area contributed by atoms with Crippen LogP contribution in [-0.4, -0.2) is 18.2 Å². The van der Waals surface area contributed by atoms with Crippen LogP contribution in [0.5, 0.6) is 5.75 Å². The van der Waals surface area contributed by atoms with E-state index in [1.54, 1.807) is 18.2 Å². The first-order valence-corrected chi connectivity index (χ1v) is 4.19. The van der Waals surface area contributed by atoms with Crippen molar-refractivity contribution in [3.05, 3.63) is 29.3 Å². The van der Waals surface area contributed by atoms with Crippen molar-refractivity contribution in [2.24, 2.45) is 5.73 Å². The normalized spacial score (nSPS) is 12.2. The number of hydrogen-bond acceptors (Lipinski definition) is 3. The quantitative estimate of drug-likeness (QED) is 0.757. The van der Waals surface area contributed by atoms with Crippen LogP contribution >= 0.6 is 0 Å². The molecule has 4 heteroatoms. The first-order valence-electron chi connectivity index (χ1n) is 4.19. The van der Waals surface area contributed by atoms with E-state index in [0.29, 0.717) is 11.3 Å². The summed E-state index contributed by atoms with van der Waals surface area (Å²) in [6.45, 7) is 1.82. The maximum absolute atomic E-state index is 10.7. The molecular weight excluding hydrogens is 182 g/mol. The third kappa shape index (κ3) is 2.03. The highest BCUT2D eigenvalue weighted by molar-refractivity contribution is 5.76. The van der Waals surface area contributed by atoms with Gasteiger partial charge < -0.3 is 15.6 Å². The molecule has 0 radical (unpaired) electrons. The molecule has 3 N–H and O–H groups in total. The number of carbonyl (C=O) groups is 1. The van der Waals surface area contributed by atoms with Crippen LogP contribution < -0.4 is 10.5 Å². The van der Waals surface area contributed by atoms with Crippen molar-refractivity contribution < 1.29 is 14.6 Å². The molecule has 0 aliphatic carbocycles. The molecule has 1 atom stereocenters. The minimum atomic E-state index is -1.04. The Morgan fingerprint density at radius 1 is 1.57 bits per heavy atom. The molecule has 0 aliphatic rings. The van der Waals surface area contributed by atoms with Crippen LogP contribution in [0.3, 0.4) is 0 Å². The minimum Gasteiger partial charge on any atom is -0.497 e. The number of rotatable bonds is 3. The van der Waals surface area contributed by atoms with Gasteiger partial charge in [-0.1, -0.05) is 6.07 Å². The van der Waals surface area contributed by atoms with Gasteiger partial charge in [-0.15, -0.1) is 0 Å². The lowest BCUT2D eigenvalue weighted by Gasteiger charge is -2.11. The predicted octanol–water partition coefficient (Wildman–Crippen LogP) is 1.09. The summed E-state index contributed by atoms with van der Waals surface area (Å²) >= 11 is 0. The number of benzene rings is 1. The first-order chi connectivity index (χ1) is 6.56. The Kier molecular flexibility index (Phi) is 3.09. The molecule has 1 rings (SSSR count). The fraction of sp³-hybridized carbons (Fsp3) is 0.300. The zero-order valence-corrected chi connectivity index (χ0v) is 8.15. The summed E-state index contributed by atoms with van der Waals surface area (Å²) in [5.41, 5.74) is 6.94. The molecule has 0 aromatic heterocycles. The standard InChI is InChI=1S/C10H13NO3/c1-6-3-4-7(14-2)5-8(6)9(11)10(12)13/h3-5,9H,11H2,1-2H3,(H,12,13)/t9-/m0/s1. The van der Waals surface area contributed by atoms with Gasteiger partial charge in [0.05, 0.1) is 7.11 Å². The lowest BCUT2D eigenvalue weighted by molar-refractivity contribution is -0.138. The van der Waals surface area contributed by atoms with Crippen LogP contribution in [0.15, 0.2) is 18.2 Å². The van der Waals surface area contributed by atoms with E-state index < -0.39 is 12.0 Å². The number of nitrogens with two attached hydrogens (primary N) is 1. The highest BCUT2D eigenvalue weighted by Gasteiger charge is 2.16. The van der Waals surface area contributed by atoms with E-state index in [0.717, 1.165) is 5.56 Å². The van der Waals surface area contributed by atoms with E-state index in [1.807, 2.05) is 6.92 Å². The summed E-state index contributed by atoms with van der Waals surface area (Å²) in [7, 11) is 1.53. The Bertz CT molecular complexity index is 349. The van der Waals surface area contributed by atoms with E-state index in [2.05, 4.69) is 0 Å². The summed E-state index contributed by atoms with van der Waals surface area (Å²) in [4.78, 5) is 10.7. The van der Waals surface area contributed by atoms with E-state index in [4.69, 9.17) is 15.6 Å². The van der Waals surface area contributed by atoms with Gasteiger partial charge in [0.15, 0.2) is 0 Å². The van der Waals surface area contributed by atoms with Gasteiger partial charge in [0.1, 0.15) is 11.8 Å². The molecule has 76 valence electrons. The van der Waals surface area contributed by atoms with E-state index in [-0.39, 0.29) is 0 Å². The number of hydrogen-bond donors (Lipinski definition) is 2. The highest BCUT2D eigenvalue weighted by atomic mass is 16.5. The fourth-order valence-electron chi connectivity index (χ4n) is 1.21. The SMILES string of the molecule is COc1ccc(C)c([C@H](N)C(=O)O)c1. The molecule has 0 saturated heterocycles. The lowest BCUT2D eigenvalue weighted by atomic mass is 10.0. The van der Waals surface area contributed by atoms with Gasteiger partial charge in [-0.05, 0) is 30.2 Å². The molecule has 0 spiro atoms. The molecule has 0 heterocycles. The Morgan fingerprint density at radius 3 is 2.71 bits per heavy atom. The summed E-state index contributed by atoms with van der Waals surface area (Å²) in [5.74, 6) is -0.427. The molecular formula is C10H13NO3. The highest BCUT2D eigenvalue weighted by Crippen LogP contribution is 2.21. The van der Waals surface area contributed by atoms with Gasteiger partial charge in [0.25, 0.3) is 0 Å². The average molecular weight is 195 g/mol. The smallest absolute Gasteiger partial charge is 0.325 e. The third-order valence-corrected chi connectivity index (χ3v) is 2.09. The van der Waals surface area contributed by atoms with Gasteiger partial charge in [-0.3, -0.25) is 4.79 Å². The second-order valence-corrected chi connectivity index (χ2v) is 3.04. The summed E-state index contributed by atoms with van der Waals surface area (Å²) in [5, 5.41) is 8.76. The minimum absolute atomic E-state index is 0.580. The third-order valence-electron chi connectivity index (χ3n) is 2.09. The molecule has 14 heavy (non-hydrogen) atoms. The van der Waals surface area contributed by atoms with Gasteiger partial charge in [0.2, 0.25) is 0 Å². The first kappa shape index (κ1) is 10.5. The second kappa shape index (κ2) is 4.11. The van der Waals surface area contributed by atoms with Crippen LogP contribution in [0.1, 0.15) is 17.2 Å². The number of aryl methyl sites for hydroxylation is 1. The van der Waals surface area contributed by atoms with E-state index in [1.165, 1.54) is 7.11 Å². The van der Waals surface area contributed by atoms with Crippen molar-refractivity contribution in [1.82, 2.24) is 0 Å². The Hall–Kier alpha value is -1.55. The van der Waals surface area contributed by atoms with Crippen LogP contribution in [0.25, 0.3) is 0 Å². The van der Waals surface area contributed by atoms with Gasteiger partial charge in [-0.25, -0.2) is 0 Å².